The Bertz CT molecular complexity index is 372. The van der Waals surface area contributed by atoms with Crippen LogP contribution >= 0.6 is 11.6 Å². The molecule has 2 nitrogen and oxygen atoms in total. The number of hydrogen-bond donors (Lipinski definition) is 0. The summed E-state index contributed by atoms with van der Waals surface area (Å²) in [6.45, 7) is 3.69. The summed E-state index contributed by atoms with van der Waals surface area (Å²) >= 11 is 5.82. The average Bonchev–Trinajstić information content (AvgIpc) is 2.62. The van der Waals surface area contributed by atoms with Crippen LogP contribution in [0.1, 0.15) is 37.2 Å². The first-order valence-electron chi connectivity index (χ1n) is 5.63. The van der Waals surface area contributed by atoms with Gasteiger partial charge in [-0.1, -0.05) is 13.8 Å². The molecule has 0 aliphatic heterocycles. The van der Waals surface area contributed by atoms with Crippen molar-refractivity contribution in [1.82, 2.24) is 9.78 Å². The van der Waals surface area contributed by atoms with Crippen molar-refractivity contribution in [1.29, 1.82) is 0 Å². The van der Waals surface area contributed by atoms with Crippen LogP contribution < -0.4 is 0 Å². The standard InChI is InChI=1S/C11H16ClF3N2/c1-3-9-8(7-12)10(4-2)17(16-9)6-5-11(13,14)15/h3-7H2,1-2H3. The second-order valence-electron chi connectivity index (χ2n) is 3.80. The van der Waals surface area contributed by atoms with Gasteiger partial charge in [0, 0.05) is 17.8 Å². The molecule has 0 fully saturated rings. The summed E-state index contributed by atoms with van der Waals surface area (Å²) in [7, 11) is 0. The van der Waals surface area contributed by atoms with Crippen molar-refractivity contribution >= 4 is 11.6 Å². The Morgan fingerprint density at radius 3 is 2.29 bits per heavy atom. The molecule has 0 unspecified atom stereocenters. The second-order valence-corrected chi connectivity index (χ2v) is 4.07. The lowest BCUT2D eigenvalue weighted by molar-refractivity contribution is -0.137. The molecule has 0 atom stereocenters. The summed E-state index contributed by atoms with van der Waals surface area (Å²) in [6.07, 6.45) is -3.67. The van der Waals surface area contributed by atoms with Gasteiger partial charge in [0.2, 0.25) is 0 Å². The van der Waals surface area contributed by atoms with E-state index >= 15 is 0 Å². The van der Waals surface area contributed by atoms with Crippen LogP contribution in [0.4, 0.5) is 13.2 Å². The van der Waals surface area contributed by atoms with Gasteiger partial charge in [-0.15, -0.1) is 11.6 Å². The fraction of sp³-hybridized carbons (Fsp3) is 0.727. The molecule has 1 rings (SSSR count). The van der Waals surface area contributed by atoms with Gasteiger partial charge in [0.05, 0.1) is 18.0 Å². The first-order valence-corrected chi connectivity index (χ1v) is 6.16. The predicted molar refractivity (Wildman–Crippen MR) is 61.2 cm³/mol. The molecule has 0 saturated carbocycles. The molecule has 1 aromatic heterocycles. The third-order valence-electron chi connectivity index (χ3n) is 2.66. The summed E-state index contributed by atoms with van der Waals surface area (Å²) < 4.78 is 38.0. The molecule has 0 aromatic carbocycles. The van der Waals surface area contributed by atoms with Crippen LogP contribution in [0.3, 0.4) is 0 Å². The minimum absolute atomic E-state index is 0.128. The monoisotopic (exact) mass is 268 g/mol. The average molecular weight is 269 g/mol. The largest absolute Gasteiger partial charge is 0.390 e. The Morgan fingerprint density at radius 2 is 1.88 bits per heavy atom. The normalized spacial score (nSPS) is 12.1. The van der Waals surface area contributed by atoms with E-state index < -0.39 is 12.6 Å². The predicted octanol–water partition coefficient (Wildman–Crippen LogP) is 3.70. The topological polar surface area (TPSA) is 17.8 Å². The molecule has 6 heteroatoms. The van der Waals surface area contributed by atoms with Crippen LogP contribution in [0.2, 0.25) is 0 Å². The van der Waals surface area contributed by atoms with E-state index in [-0.39, 0.29) is 6.54 Å². The molecule has 1 aromatic rings. The third-order valence-corrected chi connectivity index (χ3v) is 2.93. The zero-order valence-electron chi connectivity index (χ0n) is 9.94. The van der Waals surface area contributed by atoms with Crippen LogP contribution in [-0.2, 0) is 25.3 Å². The van der Waals surface area contributed by atoms with Gasteiger partial charge in [-0.25, -0.2) is 0 Å². The summed E-state index contributed by atoms with van der Waals surface area (Å²) in [5.74, 6) is 0.304. The number of halogens is 4. The van der Waals surface area contributed by atoms with E-state index in [1.807, 2.05) is 13.8 Å². The first kappa shape index (κ1) is 14.4. The Morgan fingerprint density at radius 1 is 1.24 bits per heavy atom. The lowest BCUT2D eigenvalue weighted by Gasteiger charge is -2.09. The fourth-order valence-electron chi connectivity index (χ4n) is 1.84. The van der Waals surface area contributed by atoms with Crippen molar-refractivity contribution in [2.45, 2.75) is 51.7 Å². The lowest BCUT2D eigenvalue weighted by atomic mass is 10.1. The highest BCUT2D eigenvalue weighted by Crippen LogP contribution is 2.23. The van der Waals surface area contributed by atoms with Gasteiger partial charge in [-0.05, 0) is 12.8 Å². The van der Waals surface area contributed by atoms with Crippen LogP contribution in [0.25, 0.3) is 0 Å². The van der Waals surface area contributed by atoms with E-state index in [0.717, 1.165) is 17.0 Å². The Kier molecular flexibility index (Phi) is 4.86. The lowest BCUT2D eigenvalue weighted by Crippen LogP contribution is -2.14. The van der Waals surface area contributed by atoms with Gasteiger partial charge in [0.25, 0.3) is 0 Å². The Balaban J connectivity index is 2.95. The van der Waals surface area contributed by atoms with Gasteiger partial charge >= 0.3 is 6.18 Å². The van der Waals surface area contributed by atoms with Crippen LogP contribution in [-0.4, -0.2) is 16.0 Å². The fourth-order valence-corrected chi connectivity index (χ4v) is 2.15. The van der Waals surface area contributed by atoms with Crippen molar-refractivity contribution in [3.05, 3.63) is 17.0 Å². The number of nitrogens with zero attached hydrogens (tertiary/aromatic N) is 2. The molecule has 0 N–H and O–H groups in total. The quantitative estimate of drug-likeness (QED) is 0.745. The van der Waals surface area contributed by atoms with E-state index in [9.17, 15) is 13.2 Å². The summed E-state index contributed by atoms with van der Waals surface area (Å²) in [4.78, 5) is 0. The number of aromatic nitrogens is 2. The zero-order valence-corrected chi connectivity index (χ0v) is 10.7. The maximum Gasteiger partial charge on any atom is 0.390 e. The van der Waals surface area contributed by atoms with Crippen molar-refractivity contribution in [3.63, 3.8) is 0 Å². The molecule has 0 radical (unpaired) electrons. The Labute approximate surface area is 104 Å². The van der Waals surface area contributed by atoms with E-state index in [1.54, 1.807) is 0 Å². The highest BCUT2D eigenvalue weighted by molar-refractivity contribution is 6.17. The molecule has 0 spiro atoms. The van der Waals surface area contributed by atoms with Crippen LogP contribution in [0.15, 0.2) is 0 Å². The van der Waals surface area contributed by atoms with Gasteiger partial charge in [0.1, 0.15) is 0 Å². The summed E-state index contributed by atoms with van der Waals surface area (Å²) in [6, 6.07) is 0. The highest BCUT2D eigenvalue weighted by atomic mass is 35.5. The summed E-state index contributed by atoms with van der Waals surface area (Å²) in [5, 5.41) is 4.21. The number of alkyl halides is 4. The molecule has 1 heterocycles. The van der Waals surface area contributed by atoms with E-state index in [4.69, 9.17) is 11.6 Å². The van der Waals surface area contributed by atoms with Gasteiger partial charge in [-0.2, -0.15) is 18.3 Å². The molecular formula is C11H16ClF3N2. The van der Waals surface area contributed by atoms with Crippen molar-refractivity contribution in [3.8, 4) is 0 Å². The molecule has 17 heavy (non-hydrogen) atoms. The minimum Gasteiger partial charge on any atom is -0.269 e. The van der Waals surface area contributed by atoms with E-state index in [1.165, 1.54) is 4.68 Å². The Hall–Kier alpha value is -0.710. The SMILES string of the molecule is CCc1nn(CCC(F)(F)F)c(CC)c1CCl. The van der Waals surface area contributed by atoms with Crippen molar-refractivity contribution in [2.75, 3.05) is 0 Å². The zero-order chi connectivity index (χ0) is 13.1. The number of rotatable bonds is 5. The third kappa shape index (κ3) is 3.63. The van der Waals surface area contributed by atoms with Crippen molar-refractivity contribution in [2.24, 2.45) is 0 Å². The van der Waals surface area contributed by atoms with Gasteiger partial charge < -0.3 is 0 Å². The molecule has 0 saturated heterocycles. The summed E-state index contributed by atoms with van der Waals surface area (Å²) in [5.41, 5.74) is 2.51. The maximum absolute atomic E-state index is 12.2. The molecule has 0 aliphatic rings. The molecule has 0 amide bonds. The molecule has 0 aliphatic carbocycles. The molecule has 0 bridgehead atoms. The second kappa shape index (κ2) is 5.76. The molecular weight excluding hydrogens is 253 g/mol. The van der Waals surface area contributed by atoms with E-state index in [2.05, 4.69) is 5.10 Å². The highest BCUT2D eigenvalue weighted by Gasteiger charge is 2.27. The minimum atomic E-state index is -4.15. The van der Waals surface area contributed by atoms with Crippen LogP contribution in [0, 0.1) is 0 Å². The van der Waals surface area contributed by atoms with Crippen LogP contribution in [0.5, 0.6) is 0 Å². The van der Waals surface area contributed by atoms with E-state index in [0.29, 0.717) is 18.7 Å². The number of hydrogen-bond acceptors (Lipinski definition) is 1. The molecule has 98 valence electrons. The van der Waals surface area contributed by atoms with Gasteiger partial charge in [0.15, 0.2) is 0 Å². The smallest absolute Gasteiger partial charge is 0.269 e. The maximum atomic E-state index is 12.2. The van der Waals surface area contributed by atoms with Gasteiger partial charge in [-0.3, -0.25) is 4.68 Å². The number of aryl methyl sites for hydroxylation is 2. The first-order chi connectivity index (χ1) is 7.92. The van der Waals surface area contributed by atoms with Crippen molar-refractivity contribution < 1.29 is 13.2 Å².